The number of nitrogens with zero attached hydrogens (tertiary/aromatic N) is 5. The molecule has 3 rings (SSSR count). The summed E-state index contributed by atoms with van der Waals surface area (Å²) < 4.78 is 38.9. The van der Waals surface area contributed by atoms with E-state index in [1.54, 1.807) is 32.4 Å². The SMILES string of the molecule is COc1cccc(CN2Cc3ncnn3CC(C(=O)N(C)C)C2)c1.O=C(O)C(F)(F)F. The predicted molar refractivity (Wildman–Crippen MR) is 103 cm³/mol. The molecule has 31 heavy (non-hydrogen) atoms. The van der Waals surface area contributed by atoms with Crippen molar-refractivity contribution in [2.24, 2.45) is 5.92 Å². The van der Waals surface area contributed by atoms with Crippen molar-refractivity contribution in [1.82, 2.24) is 24.6 Å². The molecule has 0 radical (unpaired) electrons. The van der Waals surface area contributed by atoms with Gasteiger partial charge in [-0.3, -0.25) is 9.69 Å². The maximum absolute atomic E-state index is 12.5. The Hall–Kier alpha value is -3.15. The molecule has 170 valence electrons. The smallest absolute Gasteiger partial charge is 0.490 e. The van der Waals surface area contributed by atoms with Gasteiger partial charge in [-0.15, -0.1) is 0 Å². The van der Waals surface area contributed by atoms with Crippen LogP contribution in [-0.4, -0.2) is 75.5 Å². The third-order valence-electron chi connectivity index (χ3n) is 4.51. The van der Waals surface area contributed by atoms with Crippen molar-refractivity contribution in [1.29, 1.82) is 0 Å². The zero-order valence-electron chi connectivity index (χ0n) is 17.3. The standard InChI is InChI=1S/C17H23N5O2.C2HF3O2/c1-20(2)17(23)14-9-21(11-16-18-12-19-22(16)10-14)8-13-5-4-6-15(7-13)24-3;3-2(4,5)1(6)7/h4-7,12,14H,8-11H2,1-3H3;(H,6,7). The Bertz CT molecular complexity index is 901. The summed E-state index contributed by atoms with van der Waals surface area (Å²) in [5.41, 5.74) is 1.15. The first kappa shape index (κ1) is 24.1. The second-order valence-electron chi connectivity index (χ2n) is 7.11. The molecule has 1 amide bonds. The molecule has 0 fully saturated rings. The zero-order chi connectivity index (χ0) is 23.2. The van der Waals surface area contributed by atoms with Gasteiger partial charge in [0.05, 0.1) is 26.1 Å². The number of rotatable bonds is 4. The van der Waals surface area contributed by atoms with Crippen molar-refractivity contribution >= 4 is 11.9 Å². The van der Waals surface area contributed by atoms with Crippen LogP contribution in [0.15, 0.2) is 30.6 Å². The fourth-order valence-corrected chi connectivity index (χ4v) is 3.08. The molecule has 1 atom stereocenters. The lowest BCUT2D eigenvalue weighted by Gasteiger charge is -2.25. The summed E-state index contributed by atoms with van der Waals surface area (Å²) in [6, 6.07) is 8.01. The molecular weight excluding hydrogens is 419 g/mol. The second kappa shape index (κ2) is 10.2. The number of aromatic nitrogens is 3. The Morgan fingerprint density at radius 2 is 1.97 bits per heavy atom. The molecule has 1 N–H and O–H groups in total. The highest BCUT2D eigenvalue weighted by Crippen LogP contribution is 2.20. The molecule has 2 aromatic rings. The number of carbonyl (C=O) groups excluding carboxylic acids is 1. The quantitative estimate of drug-likeness (QED) is 0.767. The molecule has 0 spiro atoms. The van der Waals surface area contributed by atoms with Crippen LogP contribution in [-0.2, 0) is 29.2 Å². The first-order chi connectivity index (χ1) is 14.5. The van der Waals surface area contributed by atoms with Crippen LogP contribution in [0.25, 0.3) is 0 Å². The predicted octanol–water partition coefficient (Wildman–Crippen LogP) is 1.64. The summed E-state index contributed by atoms with van der Waals surface area (Å²) in [6.07, 6.45) is -3.53. The third kappa shape index (κ3) is 6.95. The molecule has 0 saturated carbocycles. The van der Waals surface area contributed by atoms with E-state index in [0.29, 0.717) is 19.6 Å². The van der Waals surface area contributed by atoms with Crippen molar-refractivity contribution in [3.8, 4) is 5.75 Å². The van der Waals surface area contributed by atoms with Gasteiger partial charge in [-0.05, 0) is 17.7 Å². The highest BCUT2D eigenvalue weighted by molar-refractivity contribution is 5.78. The Labute approximate surface area is 177 Å². The molecule has 0 bridgehead atoms. The number of methoxy groups -OCH3 is 1. The van der Waals surface area contributed by atoms with Crippen molar-refractivity contribution in [3.05, 3.63) is 42.0 Å². The van der Waals surface area contributed by atoms with E-state index in [2.05, 4.69) is 21.0 Å². The number of amides is 1. The minimum atomic E-state index is -5.08. The van der Waals surface area contributed by atoms with Crippen LogP contribution in [0.1, 0.15) is 11.4 Å². The lowest BCUT2D eigenvalue weighted by Crippen LogP contribution is -2.38. The lowest BCUT2D eigenvalue weighted by molar-refractivity contribution is -0.192. The van der Waals surface area contributed by atoms with Crippen LogP contribution < -0.4 is 4.74 Å². The van der Waals surface area contributed by atoms with E-state index in [9.17, 15) is 18.0 Å². The summed E-state index contributed by atoms with van der Waals surface area (Å²) in [6.45, 7) is 2.66. The minimum absolute atomic E-state index is 0.119. The Balaban J connectivity index is 0.000000423. The maximum Gasteiger partial charge on any atom is 0.490 e. The minimum Gasteiger partial charge on any atom is -0.497 e. The maximum atomic E-state index is 12.5. The largest absolute Gasteiger partial charge is 0.497 e. The van der Waals surface area contributed by atoms with Gasteiger partial charge in [0.25, 0.3) is 0 Å². The average Bonchev–Trinajstić information content (AvgIpc) is 3.05. The number of fused-ring (bicyclic) bond motifs is 1. The molecule has 1 aliphatic heterocycles. The highest BCUT2D eigenvalue weighted by atomic mass is 19.4. The number of ether oxygens (including phenoxy) is 1. The van der Waals surface area contributed by atoms with E-state index >= 15 is 0 Å². The molecule has 9 nitrogen and oxygen atoms in total. The third-order valence-corrected chi connectivity index (χ3v) is 4.51. The van der Waals surface area contributed by atoms with Crippen LogP contribution >= 0.6 is 0 Å². The number of aliphatic carboxylic acids is 1. The first-order valence-corrected chi connectivity index (χ1v) is 9.24. The summed E-state index contributed by atoms with van der Waals surface area (Å²) in [5.74, 6) is -1.03. The number of carboxylic acid groups (broad SMARTS) is 1. The van der Waals surface area contributed by atoms with Crippen LogP contribution in [0, 0.1) is 5.92 Å². The van der Waals surface area contributed by atoms with Crippen LogP contribution in [0.4, 0.5) is 13.2 Å². The van der Waals surface area contributed by atoms with Gasteiger partial charge in [0.15, 0.2) is 0 Å². The van der Waals surface area contributed by atoms with Crippen LogP contribution in [0.2, 0.25) is 0 Å². The molecule has 12 heteroatoms. The Morgan fingerprint density at radius 1 is 1.29 bits per heavy atom. The van der Waals surface area contributed by atoms with Gasteiger partial charge in [-0.1, -0.05) is 12.1 Å². The van der Waals surface area contributed by atoms with Gasteiger partial charge in [-0.25, -0.2) is 14.5 Å². The number of carboxylic acids is 1. The van der Waals surface area contributed by atoms with Crippen LogP contribution in [0.5, 0.6) is 5.75 Å². The normalized spacial score (nSPS) is 16.4. The van der Waals surface area contributed by atoms with Crippen LogP contribution in [0.3, 0.4) is 0 Å². The average molecular weight is 443 g/mol. The molecule has 2 heterocycles. The van der Waals surface area contributed by atoms with Crippen molar-refractivity contribution in [3.63, 3.8) is 0 Å². The van der Waals surface area contributed by atoms with Crippen molar-refractivity contribution in [2.45, 2.75) is 25.8 Å². The number of hydrogen-bond donors (Lipinski definition) is 1. The fraction of sp³-hybridized carbons (Fsp3) is 0.474. The van der Waals surface area contributed by atoms with E-state index < -0.39 is 12.1 Å². The number of carbonyl (C=O) groups is 2. The summed E-state index contributed by atoms with van der Waals surface area (Å²) in [4.78, 5) is 29.6. The van der Waals surface area contributed by atoms with Gasteiger partial charge in [-0.2, -0.15) is 18.3 Å². The lowest BCUT2D eigenvalue weighted by atomic mass is 10.1. The number of alkyl halides is 3. The Morgan fingerprint density at radius 3 is 2.55 bits per heavy atom. The van der Waals surface area contributed by atoms with Gasteiger partial charge in [0.1, 0.15) is 17.9 Å². The molecule has 0 aliphatic carbocycles. The summed E-state index contributed by atoms with van der Waals surface area (Å²) >= 11 is 0. The topological polar surface area (TPSA) is 101 Å². The van der Waals surface area contributed by atoms with Gasteiger partial charge in [0.2, 0.25) is 5.91 Å². The number of hydrogen-bond acceptors (Lipinski definition) is 6. The summed E-state index contributed by atoms with van der Waals surface area (Å²) in [7, 11) is 5.25. The van der Waals surface area contributed by atoms with E-state index in [1.807, 2.05) is 22.9 Å². The fourth-order valence-electron chi connectivity index (χ4n) is 3.08. The van der Waals surface area contributed by atoms with E-state index in [4.69, 9.17) is 14.6 Å². The van der Waals surface area contributed by atoms with Gasteiger partial charge < -0.3 is 14.7 Å². The molecule has 1 unspecified atom stereocenters. The molecule has 1 aromatic carbocycles. The summed E-state index contributed by atoms with van der Waals surface area (Å²) in [5, 5.41) is 11.4. The first-order valence-electron chi connectivity index (χ1n) is 9.24. The molecular formula is C19H24F3N5O4. The number of halogens is 3. The van der Waals surface area contributed by atoms with Gasteiger partial charge >= 0.3 is 12.1 Å². The molecule has 0 saturated heterocycles. The van der Waals surface area contributed by atoms with Gasteiger partial charge in [0, 0.05) is 27.2 Å². The van der Waals surface area contributed by atoms with Crippen molar-refractivity contribution in [2.75, 3.05) is 27.7 Å². The zero-order valence-corrected chi connectivity index (χ0v) is 17.3. The second-order valence-corrected chi connectivity index (χ2v) is 7.11. The van der Waals surface area contributed by atoms with Crippen molar-refractivity contribution < 1.29 is 32.6 Å². The monoisotopic (exact) mass is 443 g/mol. The highest BCUT2D eigenvalue weighted by Gasteiger charge is 2.38. The molecule has 1 aliphatic rings. The van der Waals surface area contributed by atoms with E-state index in [0.717, 1.165) is 23.7 Å². The van der Waals surface area contributed by atoms with E-state index in [-0.39, 0.29) is 11.8 Å². The number of benzene rings is 1. The Kier molecular flexibility index (Phi) is 7.97. The molecule has 1 aromatic heterocycles. The van der Waals surface area contributed by atoms with E-state index in [1.165, 1.54) is 0 Å².